The molecule has 27 heavy (non-hydrogen) atoms. The molecular weight excluding hydrogens is 344 g/mol. The van der Waals surface area contributed by atoms with E-state index in [0.29, 0.717) is 5.76 Å². The summed E-state index contributed by atoms with van der Waals surface area (Å²) in [5.74, 6) is -0.730. The summed E-state index contributed by atoms with van der Waals surface area (Å²) in [6.45, 7) is 3.24. The van der Waals surface area contributed by atoms with Crippen LogP contribution < -0.4 is 5.32 Å². The van der Waals surface area contributed by atoms with Crippen molar-refractivity contribution in [2.45, 2.75) is 25.9 Å². The number of amides is 1. The second-order valence-corrected chi connectivity index (χ2v) is 6.15. The number of benzene rings is 2. The molecule has 0 fully saturated rings. The second kappa shape index (κ2) is 8.31. The average molecular weight is 364 g/mol. The highest BCUT2D eigenvalue weighted by molar-refractivity contribution is 5.95. The number of nitrogens with zero attached hydrogens (tertiary/aromatic N) is 1. The van der Waals surface area contributed by atoms with E-state index >= 15 is 0 Å². The highest BCUT2D eigenvalue weighted by atomic mass is 16.5. The van der Waals surface area contributed by atoms with Crippen LogP contribution in [0.3, 0.4) is 0 Å². The molecule has 3 aromatic rings. The quantitative estimate of drug-likeness (QED) is 0.675. The van der Waals surface area contributed by atoms with Gasteiger partial charge in [0.05, 0.1) is 0 Å². The van der Waals surface area contributed by atoms with Crippen LogP contribution in [0, 0.1) is 6.92 Å². The summed E-state index contributed by atoms with van der Waals surface area (Å²) in [5.41, 5.74) is 1.60. The van der Waals surface area contributed by atoms with Crippen molar-refractivity contribution in [3.05, 3.63) is 83.6 Å². The lowest BCUT2D eigenvalue weighted by Crippen LogP contribution is -2.32. The highest BCUT2D eigenvalue weighted by Gasteiger charge is 2.28. The minimum absolute atomic E-state index is 0.281. The molecule has 3 rings (SSSR count). The zero-order chi connectivity index (χ0) is 19.2. The molecule has 1 N–H and O–H groups in total. The SMILES string of the molecule is Cc1cc(NC(=O)C(C)OC(=O)C(c2ccccc2)c2ccccc2)no1. The van der Waals surface area contributed by atoms with E-state index in [-0.39, 0.29) is 5.82 Å². The number of esters is 1. The summed E-state index contributed by atoms with van der Waals surface area (Å²) >= 11 is 0. The molecule has 1 amide bonds. The van der Waals surface area contributed by atoms with Gasteiger partial charge in [0.1, 0.15) is 11.7 Å². The van der Waals surface area contributed by atoms with Gasteiger partial charge in [-0.25, -0.2) is 0 Å². The molecule has 0 spiro atoms. The zero-order valence-electron chi connectivity index (χ0n) is 15.1. The summed E-state index contributed by atoms with van der Waals surface area (Å²) in [4.78, 5) is 25.2. The van der Waals surface area contributed by atoms with E-state index in [4.69, 9.17) is 9.26 Å². The number of ether oxygens (including phenoxy) is 1. The third kappa shape index (κ3) is 4.61. The number of carbonyl (C=O) groups is 2. The van der Waals surface area contributed by atoms with Crippen molar-refractivity contribution >= 4 is 17.7 Å². The van der Waals surface area contributed by atoms with Crippen LogP contribution in [0.4, 0.5) is 5.82 Å². The van der Waals surface area contributed by atoms with Gasteiger partial charge in [-0.1, -0.05) is 65.8 Å². The first-order valence-corrected chi connectivity index (χ1v) is 8.59. The molecule has 0 saturated carbocycles. The summed E-state index contributed by atoms with van der Waals surface area (Å²) in [6.07, 6.45) is -0.982. The van der Waals surface area contributed by atoms with Crippen molar-refractivity contribution in [1.82, 2.24) is 5.16 Å². The van der Waals surface area contributed by atoms with Crippen molar-refractivity contribution in [2.24, 2.45) is 0 Å². The molecule has 1 unspecified atom stereocenters. The lowest BCUT2D eigenvalue weighted by atomic mass is 9.91. The minimum atomic E-state index is -0.982. The van der Waals surface area contributed by atoms with E-state index in [1.165, 1.54) is 6.92 Å². The van der Waals surface area contributed by atoms with Crippen LogP contribution in [0.15, 0.2) is 71.3 Å². The maximum atomic E-state index is 12.9. The van der Waals surface area contributed by atoms with E-state index in [1.54, 1.807) is 13.0 Å². The smallest absolute Gasteiger partial charge is 0.318 e. The van der Waals surface area contributed by atoms with E-state index in [1.807, 2.05) is 60.7 Å². The molecule has 0 aliphatic carbocycles. The van der Waals surface area contributed by atoms with Gasteiger partial charge in [0.25, 0.3) is 5.91 Å². The fraction of sp³-hybridized carbons (Fsp3) is 0.190. The molecule has 0 radical (unpaired) electrons. The van der Waals surface area contributed by atoms with Crippen molar-refractivity contribution < 1.29 is 18.8 Å². The maximum Gasteiger partial charge on any atom is 0.318 e. The van der Waals surface area contributed by atoms with Gasteiger partial charge >= 0.3 is 5.97 Å². The molecule has 0 aliphatic rings. The van der Waals surface area contributed by atoms with Crippen LogP contribution in [-0.4, -0.2) is 23.1 Å². The average Bonchev–Trinajstić information content (AvgIpc) is 3.08. The molecule has 1 heterocycles. The van der Waals surface area contributed by atoms with Gasteiger partial charge in [0, 0.05) is 6.07 Å². The molecule has 0 saturated heterocycles. The minimum Gasteiger partial charge on any atom is -0.452 e. The first-order valence-electron chi connectivity index (χ1n) is 8.59. The Balaban J connectivity index is 1.75. The van der Waals surface area contributed by atoms with Crippen molar-refractivity contribution in [2.75, 3.05) is 5.32 Å². The first-order chi connectivity index (χ1) is 13.0. The topological polar surface area (TPSA) is 81.4 Å². The number of anilines is 1. The monoisotopic (exact) mass is 364 g/mol. The summed E-state index contributed by atoms with van der Waals surface area (Å²) < 4.78 is 10.4. The Labute approximate surface area is 157 Å². The normalized spacial score (nSPS) is 11.8. The standard InChI is InChI=1S/C21H20N2O4/c1-14-13-18(23-27-14)22-20(24)15(2)26-21(25)19(16-9-5-3-6-10-16)17-11-7-4-8-12-17/h3-13,15,19H,1-2H3,(H,22,23,24). The molecule has 1 atom stereocenters. The van der Waals surface area contributed by atoms with E-state index in [0.717, 1.165) is 11.1 Å². The molecule has 0 aliphatic heterocycles. The van der Waals surface area contributed by atoms with Crippen molar-refractivity contribution in [1.29, 1.82) is 0 Å². The van der Waals surface area contributed by atoms with Gasteiger partial charge in [0.2, 0.25) is 0 Å². The largest absolute Gasteiger partial charge is 0.452 e. The predicted octanol–water partition coefficient (Wildman–Crippen LogP) is 3.69. The summed E-state index contributed by atoms with van der Waals surface area (Å²) in [6, 6.07) is 20.3. The number of hydrogen-bond acceptors (Lipinski definition) is 5. The Bertz CT molecular complexity index is 867. The lowest BCUT2D eigenvalue weighted by molar-refractivity contribution is -0.153. The lowest BCUT2D eigenvalue weighted by Gasteiger charge is -2.19. The van der Waals surface area contributed by atoms with Gasteiger partial charge in [-0.15, -0.1) is 0 Å². The van der Waals surface area contributed by atoms with Gasteiger partial charge in [-0.05, 0) is 25.0 Å². The highest BCUT2D eigenvalue weighted by Crippen LogP contribution is 2.26. The van der Waals surface area contributed by atoms with Gasteiger partial charge in [0.15, 0.2) is 11.9 Å². The number of hydrogen-bond donors (Lipinski definition) is 1. The maximum absolute atomic E-state index is 12.9. The fourth-order valence-corrected chi connectivity index (χ4v) is 2.70. The Hall–Kier alpha value is -3.41. The fourth-order valence-electron chi connectivity index (χ4n) is 2.70. The third-order valence-electron chi connectivity index (χ3n) is 4.04. The van der Waals surface area contributed by atoms with Crippen LogP contribution in [0.2, 0.25) is 0 Å². The Morgan fingerprint density at radius 2 is 1.56 bits per heavy atom. The van der Waals surface area contributed by atoms with Crippen molar-refractivity contribution in [3.8, 4) is 0 Å². The first kappa shape index (κ1) is 18.4. The molecule has 6 nitrogen and oxygen atoms in total. The number of nitrogens with one attached hydrogen (secondary N) is 1. The molecular formula is C21H20N2O4. The molecule has 1 aromatic heterocycles. The summed E-state index contributed by atoms with van der Waals surface area (Å²) in [5, 5.41) is 6.27. The number of rotatable bonds is 6. The third-order valence-corrected chi connectivity index (χ3v) is 4.04. The van der Waals surface area contributed by atoms with E-state index in [9.17, 15) is 9.59 Å². The second-order valence-electron chi connectivity index (χ2n) is 6.15. The molecule has 2 aromatic carbocycles. The van der Waals surface area contributed by atoms with E-state index in [2.05, 4.69) is 10.5 Å². The number of carbonyl (C=O) groups excluding carboxylic acids is 2. The van der Waals surface area contributed by atoms with Crippen LogP contribution in [0.1, 0.15) is 29.7 Å². The van der Waals surface area contributed by atoms with Crippen LogP contribution in [0.5, 0.6) is 0 Å². The molecule has 6 heteroatoms. The van der Waals surface area contributed by atoms with Crippen LogP contribution >= 0.6 is 0 Å². The van der Waals surface area contributed by atoms with Crippen LogP contribution in [-0.2, 0) is 14.3 Å². The Kier molecular flexibility index (Phi) is 5.66. The van der Waals surface area contributed by atoms with Crippen molar-refractivity contribution in [3.63, 3.8) is 0 Å². The number of aryl methyl sites for hydroxylation is 1. The Morgan fingerprint density at radius 3 is 2.04 bits per heavy atom. The molecule has 138 valence electrons. The van der Waals surface area contributed by atoms with E-state index < -0.39 is 23.9 Å². The van der Waals surface area contributed by atoms with Gasteiger partial charge in [-0.2, -0.15) is 0 Å². The predicted molar refractivity (Wildman–Crippen MR) is 100 cm³/mol. The number of aromatic nitrogens is 1. The van der Waals surface area contributed by atoms with Gasteiger partial charge in [-0.3, -0.25) is 9.59 Å². The molecule has 0 bridgehead atoms. The summed E-state index contributed by atoms with van der Waals surface area (Å²) in [7, 11) is 0. The zero-order valence-corrected chi connectivity index (χ0v) is 15.1. The Morgan fingerprint density at radius 1 is 1.00 bits per heavy atom. The van der Waals surface area contributed by atoms with Crippen LogP contribution in [0.25, 0.3) is 0 Å². The van der Waals surface area contributed by atoms with Gasteiger partial charge < -0.3 is 14.6 Å².